The molecule has 6 rings (SSSR count). The molecular formula is C21H23BrClN3O. The van der Waals surface area contributed by atoms with Crippen LogP contribution in [0.1, 0.15) is 44.1 Å². The molecule has 1 N–H and O–H groups in total. The minimum absolute atomic E-state index is 0.109. The highest BCUT2D eigenvalue weighted by Crippen LogP contribution is 2.58. The van der Waals surface area contributed by atoms with E-state index in [9.17, 15) is 4.79 Å². The van der Waals surface area contributed by atoms with Gasteiger partial charge in [-0.05, 0) is 87.0 Å². The van der Waals surface area contributed by atoms with E-state index in [0.717, 1.165) is 52.7 Å². The quantitative estimate of drug-likeness (QED) is 0.661. The average Bonchev–Trinajstić information content (AvgIpc) is 2.61. The highest BCUT2D eigenvalue weighted by Gasteiger charge is 2.53. The summed E-state index contributed by atoms with van der Waals surface area (Å²) < 4.78 is 2.78. The molecule has 4 fully saturated rings. The number of halogens is 2. The number of nitrogens with zero attached hydrogens (tertiary/aromatic N) is 2. The first kappa shape index (κ1) is 17.7. The van der Waals surface area contributed by atoms with Crippen molar-refractivity contribution in [2.75, 3.05) is 5.32 Å². The third-order valence-corrected chi connectivity index (χ3v) is 8.07. The predicted molar refractivity (Wildman–Crippen MR) is 112 cm³/mol. The molecule has 1 aromatic heterocycles. The van der Waals surface area contributed by atoms with Crippen molar-refractivity contribution in [3.8, 4) is 0 Å². The second-order valence-corrected chi connectivity index (χ2v) is 10.1. The monoisotopic (exact) mass is 447 g/mol. The Kier molecular flexibility index (Phi) is 4.17. The molecule has 2 aromatic rings. The van der Waals surface area contributed by atoms with Crippen LogP contribution >= 0.6 is 27.5 Å². The Morgan fingerprint density at radius 1 is 1.19 bits per heavy atom. The lowest BCUT2D eigenvalue weighted by Crippen LogP contribution is -2.55. The van der Waals surface area contributed by atoms with Crippen molar-refractivity contribution in [2.45, 2.75) is 51.0 Å². The topological polar surface area (TPSA) is 46.9 Å². The molecular weight excluding hydrogens is 426 g/mol. The fourth-order valence-corrected chi connectivity index (χ4v) is 6.48. The van der Waals surface area contributed by atoms with E-state index in [1.54, 1.807) is 10.9 Å². The van der Waals surface area contributed by atoms with Gasteiger partial charge in [-0.2, -0.15) is 5.10 Å². The van der Waals surface area contributed by atoms with Gasteiger partial charge in [0, 0.05) is 10.2 Å². The molecule has 0 saturated heterocycles. The molecule has 4 aliphatic carbocycles. The van der Waals surface area contributed by atoms with E-state index < -0.39 is 0 Å². The summed E-state index contributed by atoms with van der Waals surface area (Å²) in [6.07, 6.45) is 8.99. The maximum atomic E-state index is 13.1. The van der Waals surface area contributed by atoms with Gasteiger partial charge < -0.3 is 5.32 Å². The number of aryl methyl sites for hydroxylation is 1. The summed E-state index contributed by atoms with van der Waals surface area (Å²) in [5.74, 6) is 2.27. The van der Waals surface area contributed by atoms with Gasteiger partial charge in [0.05, 0.1) is 17.4 Å². The van der Waals surface area contributed by atoms with Crippen molar-refractivity contribution in [1.82, 2.24) is 9.78 Å². The van der Waals surface area contributed by atoms with Gasteiger partial charge in [0.25, 0.3) is 5.56 Å². The lowest BCUT2D eigenvalue weighted by molar-refractivity contribution is -0.0518. The number of benzene rings is 1. The van der Waals surface area contributed by atoms with E-state index in [0.29, 0.717) is 5.69 Å². The standard InChI is InChI=1S/C21H23BrClN3O/c1-12-4-16(2-3-17(12)22)25-18-11-24-26(20(27)19(18)23)21-8-13-5-14(9-21)7-15(6-13)10-21/h2-4,11,13-15,25H,5-10H2,1H3. The number of rotatable bonds is 3. The molecule has 0 radical (unpaired) electrons. The zero-order valence-electron chi connectivity index (χ0n) is 15.3. The van der Waals surface area contributed by atoms with Crippen molar-refractivity contribution < 1.29 is 0 Å². The Morgan fingerprint density at radius 2 is 1.81 bits per heavy atom. The molecule has 4 bridgehead atoms. The van der Waals surface area contributed by atoms with E-state index in [-0.39, 0.29) is 16.1 Å². The molecule has 142 valence electrons. The third-order valence-electron chi connectivity index (χ3n) is 6.81. The van der Waals surface area contributed by atoms with E-state index in [4.69, 9.17) is 11.6 Å². The molecule has 27 heavy (non-hydrogen) atoms. The molecule has 4 aliphatic rings. The second kappa shape index (κ2) is 6.35. The highest BCUT2D eigenvalue weighted by molar-refractivity contribution is 9.10. The van der Waals surface area contributed by atoms with Crippen molar-refractivity contribution in [1.29, 1.82) is 0 Å². The molecule has 6 heteroatoms. The van der Waals surface area contributed by atoms with Crippen LogP contribution in [0, 0.1) is 24.7 Å². The molecule has 1 aromatic carbocycles. The Labute approximate surface area is 172 Å². The van der Waals surface area contributed by atoms with Crippen LogP contribution in [0.2, 0.25) is 5.02 Å². The molecule has 0 atom stereocenters. The Hall–Kier alpha value is -1.33. The van der Waals surface area contributed by atoms with Gasteiger partial charge in [-0.3, -0.25) is 4.79 Å². The zero-order chi connectivity index (χ0) is 18.8. The molecule has 4 nitrogen and oxygen atoms in total. The molecule has 0 amide bonds. The first-order chi connectivity index (χ1) is 12.9. The molecule has 4 saturated carbocycles. The van der Waals surface area contributed by atoms with Crippen molar-refractivity contribution >= 4 is 38.9 Å². The van der Waals surface area contributed by atoms with Crippen LogP contribution in [-0.2, 0) is 5.54 Å². The van der Waals surface area contributed by atoms with Crippen molar-refractivity contribution in [3.63, 3.8) is 0 Å². The summed E-state index contributed by atoms with van der Waals surface area (Å²) in [4.78, 5) is 13.1. The van der Waals surface area contributed by atoms with Crippen molar-refractivity contribution in [3.05, 3.63) is 49.8 Å². The first-order valence-corrected chi connectivity index (χ1v) is 10.9. The summed E-state index contributed by atoms with van der Waals surface area (Å²) in [5.41, 5.74) is 2.32. The average molecular weight is 449 g/mol. The SMILES string of the molecule is Cc1cc(Nc2cnn(C34CC5CC(CC(C5)C3)C4)c(=O)c2Cl)ccc1Br. The fourth-order valence-electron chi connectivity index (χ4n) is 6.06. The van der Waals surface area contributed by atoms with Gasteiger partial charge in [0.15, 0.2) is 0 Å². The molecule has 0 unspecified atom stereocenters. The summed E-state index contributed by atoms with van der Waals surface area (Å²) >= 11 is 10.0. The van der Waals surface area contributed by atoms with Crippen LogP contribution in [-0.4, -0.2) is 9.78 Å². The fraction of sp³-hybridized carbons (Fsp3) is 0.524. The Balaban J connectivity index is 1.49. The number of aromatic nitrogens is 2. The molecule has 0 aliphatic heterocycles. The van der Waals surface area contributed by atoms with Crippen LogP contribution in [0.4, 0.5) is 11.4 Å². The summed E-state index contributed by atoms with van der Waals surface area (Å²) in [7, 11) is 0. The number of hydrogen-bond acceptors (Lipinski definition) is 3. The highest BCUT2D eigenvalue weighted by atomic mass is 79.9. The van der Waals surface area contributed by atoms with Crippen LogP contribution in [0.3, 0.4) is 0 Å². The summed E-state index contributed by atoms with van der Waals surface area (Å²) in [5, 5.41) is 8.10. The number of nitrogens with one attached hydrogen (secondary N) is 1. The van der Waals surface area contributed by atoms with Crippen LogP contribution in [0.25, 0.3) is 0 Å². The number of anilines is 2. The zero-order valence-corrected chi connectivity index (χ0v) is 17.7. The van der Waals surface area contributed by atoms with Crippen LogP contribution in [0.5, 0.6) is 0 Å². The van der Waals surface area contributed by atoms with Gasteiger partial charge >= 0.3 is 0 Å². The van der Waals surface area contributed by atoms with Crippen molar-refractivity contribution in [2.24, 2.45) is 17.8 Å². The lowest BCUT2D eigenvalue weighted by Gasteiger charge is -2.56. The van der Waals surface area contributed by atoms with E-state index in [1.807, 2.05) is 25.1 Å². The van der Waals surface area contributed by atoms with Crippen LogP contribution in [0.15, 0.2) is 33.7 Å². The third kappa shape index (κ3) is 2.94. The van der Waals surface area contributed by atoms with E-state index >= 15 is 0 Å². The summed E-state index contributed by atoms with van der Waals surface area (Å²) in [6.45, 7) is 2.03. The number of hydrogen-bond donors (Lipinski definition) is 1. The minimum Gasteiger partial charge on any atom is -0.353 e. The largest absolute Gasteiger partial charge is 0.353 e. The molecule has 1 heterocycles. The van der Waals surface area contributed by atoms with Crippen LogP contribution < -0.4 is 10.9 Å². The van der Waals surface area contributed by atoms with Gasteiger partial charge in [-0.25, -0.2) is 4.68 Å². The smallest absolute Gasteiger partial charge is 0.288 e. The second-order valence-electron chi connectivity index (χ2n) is 8.82. The van der Waals surface area contributed by atoms with Gasteiger partial charge in [0.2, 0.25) is 0 Å². The predicted octanol–water partition coefficient (Wildman–Crippen LogP) is 5.64. The van der Waals surface area contributed by atoms with Gasteiger partial charge in [-0.15, -0.1) is 0 Å². The van der Waals surface area contributed by atoms with Gasteiger partial charge in [-0.1, -0.05) is 27.5 Å². The maximum absolute atomic E-state index is 13.1. The van der Waals surface area contributed by atoms with E-state index in [1.165, 1.54) is 19.3 Å². The minimum atomic E-state index is -0.155. The first-order valence-electron chi connectivity index (χ1n) is 9.75. The van der Waals surface area contributed by atoms with E-state index in [2.05, 4.69) is 26.3 Å². The van der Waals surface area contributed by atoms with Gasteiger partial charge in [0.1, 0.15) is 5.02 Å². The normalized spacial score (nSPS) is 31.3. The lowest BCUT2D eigenvalue weighted by atomic mass is 9.53. The Bertz CT molecular complexity index is 935. The maximum Gasteiger partial charge on any atom is 0.288 e. The molecule has 0 spiro atoms. The summed E-state index contributed by atoms with van der Waals surface area (Å²) in [6, 6.07) is 5.96. The Morgan fingerprint density at radius 3 is 2.41 bits per heavy atom.